The van der Waals surface area contributed by atoms with Gasteiger partial charge in [-0.2, -0.15) is 0 Å². The van der Waals surface area contributed by atoms with Crippen LogP contribution < -0.4 is 0 Å². The fourth-order valence-corrected chi connectivity index (χ4v) is 0.891. The van der Waals surface area contributed by atoms with Crippen LogP contribution in [0, 0.1) is 11.8 Å². The molecule has 1 rings (SSSR count). The SMILES string of the molecule is CC#CC1=CC=C(O)CC1. The van der Waals surface area contributed by atoms with Crippen molar-refractivity contribution in [3.63, 3.8) is 0 Å². The predicted molar refractivity (Wildman–Crippen MR) is 41.5 cm³/mol. The minimum atomic E-state index is 0.460. The summed E-state index contributed by atoms with van der Waals surface area (Å²) in [6.07, 6.45) is 5.20. The zero-order chi connectivity index (χ0) is 7.40. The Bertz CT molecular complexity index is 235. The van der Waals surface area contributed by atoms with E-state index in [1.165, 1.54) is 0 Å². The Kier molecular flexibility index (Phi) is 2.17. The average Bonchev–Trinajstić information content (AvgIpc) is 1.95. The summed E-state index contributed by atoms with van der Waals surface area (Å²) in [4.78, 5) is 0. The first-order valence-electron chi connectivity index (χ1n) is 3.34. The second-order valence-corrected chi connectivity index (χ2v) is 2.22. The van der Waals surface area contributed by atoms with E-state index in [4.69, 9.17) is 5.11 Å². The van der Waals surface area contributed by atoms with Crippen LogP contribution in [-0.4, -0.2) is 5.11 Å². The van der Waals surface area contributed by atoms with Crippen LogP contribution in [-0.2, 0) is 0 Å². The molecule has 0 unspecified atom stereocenters. The molecular formula is C9H10O. The molecule has 0 radical (unpaired) electrons. The number of allylic oxidation sites excluding steroid dienone is 4. The van der Waals surface area contributed by atoms with Gasteiger partial charge < -0.3 is 5.11 Å². The van der Waals surface area contributed by atoms with Crippen molar-refractivity contribution >= 4 is 0 Å². The average molecular weight is 134 g/mol. The molecule has 0 bridgehead atoms. The lowest BCUT2D eigenvalue weighted by Gasteiger charge is -2.03. The maximum atomic E-state index is 8.96. The van der Waals surface area contributed by atoms with E-state index in [9.17, 15) is 0 Å². The smallest absolute Gasteiger partial charge is 0.0926 e. The number of hydrogen-bond acceptors (Lipinski definition) is 1. The lowest BCUT2D eigenvalue weighted by molar-refractivity contribution is 0.386. The van der Waals surface area contributed by atoms with Gasteiger partial charge in [0.15, 0.2) is 0 Å². The van der Waals surface area contributed by atoms with Crippen molar-refractivity contribution in [2.75, 3.05) is 0 Å². The molecule has 0 heterocycles. The molecular weight excluding hydrogens is 124 g/mol. The van der Waals surface area contributed by atoms with Gasteiger partial charge in [-0.1, -0.05) is 5.92 Å². The van der Waals surface area contributed by atoms with Crippen molar-refractivity contribution in [3.8, 4) is 11.8 Å². The first kappa shape index (κ1) is 6.95. The van der Waals surface area contributed by atoms with Crippen molar-refractivity contribution < 1.29 is 5.11 Å². The summed E-state index contributed by atoms with van der Waals surface area (Å²) >= 11 is 0. The van der Waals surface area contributed by atoms with Gasteiger partial charge in [-0.3, -0.25) is 0 Å². The highest BCUT2D eigenvalue weighted by Crippen LogP contribution is 2.14. The Hall–Kier alpha value is -1.16. The lowest BCUT2D eigenvalue weighted by atomic mass is 10.0. The maximum absolute atomic E-state index is 8.96. The van der Waals surface area contributed by atoms with Crippen LogP contribution in [0.25, 0.3) is 0 Å². The zero-order valence-corrected chi connectivity index (χ0v) is 6.02. The molecule has 0 saturated heterocycles. The molecule has 1 heteroatoms. The third-order valence-corrected chi connectivity index (χ3v) is 1.41. The summed E-state index contributed by atoms with van der Waals surface area (Å²) in [5.41, 5.74) is 1.11. The van der Waals surface area contributed by atoms with Crippen molar-refractivity contribution in [2.24, 2.45) is 0 Å². The summed E-state index contributed by atoms with van der Waals surface area (Å²) in [7, 11) is 0. The Morgan fingerprint density at radius 2 is 2.20 bits per heavy atom. The highest BCUT2D eigenvalue weighted by atomic mass is 16.3. The second-order valence-electron chi connectivity index (χ2n) is 2.22. The minimum Gasteiger partial charge on any atom is -0.512 e. The maximum Gasteiger partial charge on any atom is 0.0926 e. The molecule has 0 spiro atoms. The molecule has 1 aliphatic rings. The first-order valence-corrected chi connectivity index (χ1v) is 3.34. The molecule has 0 fully saturated rings. The number of aliphatic hydroxyl groups is 1. The zero-order valence-electron chi connectivity index (χ0n) is 6.02. The molecule has 0 aromatic carbocycles. The van der Waals surface area contributed by atoms with E-state index in [0.717, 1.165) is 18.4 Å². The number of aliphatic hydroxyl groups excluding tert-OH is 1. The molecule has 0 saturated carbocycles. The van der Waals surface area contributed by atoms with Gasteiger partial charge >= 0.3 is 0 Å². The Labute approximate surface area is 61.1 Å². The van der Waals surface area contributed by atoms with E-state index < -0.39 is 0 Å². The van der Waals surface area contributed by atoms with Crippen LogP contribution in [0.15, 0.2) is 23.5 Å². The van der Waals surface area contributed by atoms with E-state index in [1.54, 1.807) is 6.08 Å². The molecule has 0 amide bonds. The molecule has 0 atom stereocenters. The Morgan fingerprint density at radius 1 is 1.40 bits per heavy atom. The second kappa shape index (κ2) is 3.12. The predicted octanol–water partition coefficient (Wildman–Crippen LogP) is 2.17. The molecule has 1 N–H and O–H groups in total. The minimum absolute atomic E-state index is 0.460. The van der Waals surface area contributed by atoms with E-state index in [-0.39, 0.29) is 0 Å². The van der Waals surface area contributed by atoms with Gasteiger partial charge in [-0.05, 0) is 25.5 Å². The topological polar surface area (TPSA) is 20.2 Å². The molecule has 1 aliphatic carbocycles. The van der Waals surface area contributed by atoms with Gasteiger partial charge in [-0.25, -0.2) is 0 Å². The quantitative estimate of drug-likeness (QED) is 0.503. The van der Waals surface area contributed by atoms with Gasteiger partial charge in [0, 0.05) is 12.0 Å². The molecule has 0 aromatic rings. The van der Waals surface area contributed by atoms with E-state index >= 15 is 0 Å². The normalized spacial score (nSPS) is 16.5. The Balaban J connectivity index is 2.70. The monoisotopic (exact) mass is 134 g/mol. The standard InChI is InChI=1S/C9H10O/c1-2-3-8-4-6-9(10)7-5-8/h4,6,10H,5,7H2,1H3. The highest BCUT2D eigenvalue weighted by Gasteiger charge is 2.00. The molecule has 0 aromatic heterocycles. The van der Waals surface area contributed by atoms with E-state index in [2.05, 4.69) is 11.8 Å². The largest absolute Gasteiger partial charge is 0.512 e. The fourth-order valence-electron chi connectivity index (χ4n) is 0.891. The van der Waals surface area contributed by atoms with Gasteiger partial charge in [0.05, 0.1) is 5.76 Å². The Morgan fingerprint density at radius 3 is 2.70 bits per heavy atom. The van der Waals surface area contributed by atoms with Gasteiger partial charge in [0.2, 0.25) is 0 Å². The van der Waals surface area contributed by atoms with Crippen LogP contribution in [0.3, 0.4) is 0 Å². The van der Waals surface area contributed by atoms with E-state index in [1.807, 2.05) is 13.0 Å². The number of hydrogen-bond donors (Lipinski definition) is 1. The van der Waals surface area contributed by atoms with Crippen molar-refractivity contribution in [1.29, 1.82) is 0 Å². The van der Waals surface area contributed by atoms with Crippen LogP contribution in [0.1, 0.15) is 19.8 Å². The molecule has 0 aliphatic heterocycles. The summed E-state index contributed by atoms with van der Waals surface area (Å²) in [6.45, 7) is 1.82. The molecule has 10 heavy (non-hydrogen) atoms. The summed E-state index contributed by atoms with van der Waals surface area (Å²) in [5.74, 6) is 6.24. The number of rotatable bonds is 0. The van der Waals surface area contributed by atoms with Crippen molar-refractivity contribution in [3.05, 3.63) is 23.5 Å². The first-order chi connectivity index (χ1) is 4.83. The fraction of sp³-hybridized carbons (Fsp3) is 0.333. The van der Waals surface area contributed by atoms with Gasteiger partial charge in [0.25, 0.3) is 0 Å². The van der Waals surface area contributed by atoms with Crippen LogP contribution in [0.2, 0.25) is 0 Å². The van der Waals surface area contributed by atoms with Crippen LogP contribution in [0.4, 0.5) is 0 Å². The molecule has 52 valence electrons. The van der Waals surface area contributed by atoms with Crippen molar-refractivity contribution in [2.45, 2.75) is 19.8 Å². The van der Waals surface area contributed by atoms with E-state index in [0.29, 0.717) is 5.76 Å². The summed E-state index contributed by atoms with van der Waals surface area (Å²) < 4.78 is 0. The van der Waals surface area contributed by atoms with Gasteiger partial charge in [-0.15, -0.1) is 5.92 Å². The summed E-state index contributed by atoms with van der Waals surface area (Å²) in [6, 6.07) is 0. The summed E-state index contributed by atoms with van der Waals surface area (Å²) in [5, 5.41) is 8.96. The van der Waals surface area contributed by atoms with Crippen molar-refractivity contribution in [1.82, 2.24) is 0 Å². The third kappa shape index (κ3) is 1.66. The highest BCUT2D eigenvalue weighted by molar-refractivity contribution is 5.34. The third-order valence-electron chi connectivity index (χ3n) is 1.41. The van der Waals surface area contributed by atoms with Gasteiger partial charge in [0.1, 0.15) is 0 Å². The lowest BCUT2D eigenvalue weighted by Crippen LogP contribution is -1.89. The molecule has 1 nitrogen and oxygen atoms in total. The van der Waals surface area contributed by atoms with Crippen LogP contribution in [0.5, 0.6) is 0 Å². The van der Waals surface area contributed by atoms with Crippen LogP contribution >= 0.6 is 0 Å².